The number of hydrogen-bond acceptors (Lipinski definition) is 3. The SMILES string of the molecule is CCCCCNC(=O)c1ccnc(C(=O)Nc2ccc(F)cc2)c1. The molecule has 0 saturated carbocycles. The molecule has 2 amide bonds. The molecule has 2 rings (SSSR count). The van der Waals surface area contributed by atoms with Crippen molar-refractivity contribution in [2.45, 2.75) is 26.2 Å². The summed E-state index contributed by atoms with van der Waals surface area (Å²) in [4.78, 5) is 28.2. The zero-order valence-electron chi connectivity index (χ0n) is 13.5. The van der Waals surface area contributed by atoms with Gasteiger partial charge in [0.25, 0.3) is 11.8 Å². The number of carbonyl (C=O) groups excluding carboxylic acids is 2. The Balaban J connectivity index is 1.99. The Labute approximate surface area is 140 Å². The molecule has 0 radical (unpaired) electrons. The van der Waals surface area contributed by atoms with Crippen LogP contribution in [-0.2, 0) is 0 Å². The number of amides is 2. The number of anilines is 1. The van der Waals surface area contributed by atoms with E-state index < -0.39 is 5.91 Å². The fourth-order valence-corrected chi connectivity index (χ4v) is 2.10. The van der Waals surface area contributed by atoms with E-state index in [-0.39, 0.29) is 17.4 Å². The first-order valence-electron chi connectivity index (χ1n) is 7.91. The van der Waals surface area contributed by atoms with E-state index in [1.54, 1.807) is 6.07 Å². The minimum Gasteiger partial charge on any atom is -0.352 e. The van der Waals surface area contributed by atoms with E-state index in [0.717, 1.165) is 19.3 Å². The number of hydrogen-bond donors (Lipinski definition) is 2. The minimum absolute atomic E-state index is 0.125. The number of pyridine rings is 1. The summed E-state index contributed by atoms with van der Waals surface area (Å²) < 4.78 is 12.9. The van der Waals surface area contributed by atoms with Crippen LogP contribution in [0.3, 0.4) is 0 Å². The number of nitrogens with zero attached hydrogens (tertiary/aromatic N) is 1. The Morgan fingerprint density at radius 3 is 2.54 bits per heavy atom. The molecule has 0 aliphatic rings. The van der Waals surface area contributed by atoms with Gasteiger partial charge in [-0.25, -0.2) is 4.39 Å². The third-order valence-electron chi connectivity index (χ3n) is 3.42. The van der Waals surface area contributed by atoms with Gasteiger partial charge in [0.05, 0.1) is 0 Å². The number of aromatic nitrogens is 1. The Morgan fingerprint density at radius 1 is 1.08 bits per heavy atom. The second-order valence-electron chi connectivity index (χ2n) is 5.35. The van der Waals surface area contributed by atoms with Crippen LogP contribution in [0.25, 0.3) is 0 Å². The zero-order chi connectivity index (χ0) is 17.4. The van der Waals surface area contributed by atoms with Crippen molar-refractivity contribution in [3.05, 3.63) is 59.7 Å². The highest BCUT2D eigenvalue weighted by molar-refractivity contribution is 6.04. The number of carbonyl (C=O) groups is 2. The van der Waals surface area contributed by atoms with Gasteiger partial charge < -0.3 is 10.6 Å². The van der Waals surface area contributed by atoms with Gasteiger partial charge in [0.1, 0.15) is 11.5 Å². The third-order valence-corrected chi connectivity index (χ3v) is 3.42. The monoisotopic (exact) mass is 329 g/mol. The molecular formula is C18H20FN3O2. The van der Waals surface area contributed by atoms with Crippen LogP contribution in [-0.4, -0.2) is 23.3 Å². The first-order valence-corrected chi connectivity index (χ1v) is 7.91. The van der Waals surface area contributed by atoms with Crippen molar-refractivity contribution in [1.82, 2.24) is 10.3 Å². The smallest absolute Gasteiger partial charge is 0.274 e. The molecule has 1 aromatic carbocycles. The Morgan fingerprint density at radius 2 is 1.83 bits per heavy atom. The summed E-state index contributed by atoms with van der Waals surface area (Å²) in [6.45, 7) is 2.70. The molecule has 0 spiro atoms. The molecule has 0 unspecified atom stereocenters. The molecule has 0 bridgehead atoms. The minimum atomic E-state index is -0.456. The third kappa shape index (κ3) is 5.15. The summed E-state index contributed by atoms with van der Waals surface area (Å²) in [6, 6.07) is 8.42. The summed E-state index contributed by atoms with van der Waals surface area (Å²) >= 11 is 0. The quantitative estimate of drug-likeness (QED) is 0.765. The van der Waals surface area contributed by atoms with E-state index in [1.807, 2.05) is 0 Å². The average molecular weight is 329 g/mol. The average Bonchev–Trinajstić information content (AvgIpc) is 2.60. The fourth-order valence-electron chi connectivity index (χ4n) is 2.10. The molecule has 0 aliphatic heterocycles. The lowest BCUT2D eigenvalue weighted by atomic mass is 10.2. The maximum atomic E-state index is 12.9. The largest absolute Gasteiger partial charge is 0.352 e. The predicted octanol–water partition coefficient (Wildman–Crippen LogP) is 3.39. The number of halogens is 1. The molecule has 1 aromatic heterocycles. The highest BCUT2D eigenvalue weighted by atomic mass is 19.1. The molecule has 24 heavy (non-hydrogen) atoms. The van der Waals surface area contributed by atoms with Gasteiger partial charge in [0, 0.05) is 24.0 Å². The summed E-state index contributed by atoms with van der Waals surface area (Å²) in [6.07, 6.45) is 4.48. The van der Waals surface area contributed by atoms with Crippen LogP contribution < -0.4 is 10.6 Å². The highest BCUT2D eigenvalue weighted by Gasteiger charge is 2.12. The van der Waals surface area contributed by atoms with Crippen LogP contribution in [0.5, 0.6) is 0 Å². The van der Waals surface area contributed by atoms with E-state index in [2.05, 4.69) is 22.5 Å². The van der Waals surface area contributed by atoms with Crippen molar-refractivity contribution in [2.24, 2.45) is 0 Å². The first kappa shape index (κ1) is 17.6. The van der Waals surface area contributed by atoms with Gasteiger partial charge in [-0.15, -0.1) is 0 Å². The lowest BCUT2D eigenvalue weighted by Gasteiger charge is -2.07. The summed E-state index contributed by atoms with van der Waals surface area (Å²) in [5.41, 5.74) is 0.962. The van der Waals surface area contributed by atoms with Crippen molar-refractivity contribution in [1.29, 1.82) is 0 Å². The lowest BCUT2D eigenvalue weighted by molar-refractivity contribution is 0.0953. The maximum absolute atomic E-state index is 12.9. The summed E-state index contributed by atoms with van der Waals surface area (Å²) in [7, 11) is 0. The Kier molecular flexibility index (Phi) is 6.42. The van der Waals surface area contributed by atoms with E-state index >= 15 is 0 Å². The molecule has 0 aliphatic carbocycles. The molecule has 0 saturated heterocycles. The van der Waals surface area contributed by atoms with Gasteiger partial charge >= 0.3 is 0 Å². The van der Waals surface area contributed by atoms with Crippen LogP contribution in [0.15, 0.2) is 42.6 Å². The van der Waals surface area contributed by atoms with Crippen molar-refractivity contribution >= 4 is 17.5 Å². The molecule has 2 aromatic rings. The van der Waals surface area contributed by atoms with E-state index in [0.29, 0.717) is 17.8 Å². The molecule has 0 atom stereocenters. The van der Waals surface area contributed by atoms with Crippen LogP contribution >= 0.6 is 0 Å². The van der Waals surface area contributed by atoms with Gasteiger partial charge in [-0.05, 0) is 42.8 Å². The molecule has 5 nitrogen and oxygen atoms in total. The van der Waals surface area contributed by atoms with E-state index in [9.17, 15) is 14.0 Å². The predicted molar refractivity (Wildman–Crippen MR) is 90.4 cm³/mol. The highest BCUT2D eigenvalue weighted by Crippen LogP contribution is 2.10. The van der Waals surface area contributed by atoms with Gasteiger partial charge in [0.15, 0.2) is 0 Å². The van der Waals surface area contributed by atoms with Crippen LogP contribution in [0, 0.1) is 5.82 Å². The molecule has 6 heteroatoms. The second kappa shape index (κ2) is 8.76. The number of rotatable bonds is 7. The molecule has 1 heterocycles. The van der Waals surface area contributed by atoms with E-state index in [4.69, 9.17) is 0 Å². The first-order chi connectivity index (χ1) is 11.6. The fraction of sp³-hybridized carbons (Fsp3) is 0.278. The van der Waals surface area contributed by atoms with Crippen molar-refractivity contribution in [2.75, 3.05) is 11.9 Å². The Bertz CT molecular complexity index is 702. The normalized spacial score (nSPS) is 10.2. The van der Waals surface area contributed by atoms with Gasteiger partial charge in [0.2, 0.25) is 0 Å². The van der Waals surface area contributed by atoms with Crippen molar-refractivity contribution in [3.8, 4) is 0 Å². The zero-order valence-corrected chi connectivity index (χ0v) is 13.5. The van der Waals surface area contributed by atoms with Crippen LogP contribution in [0.4, 0.5) is 10.1 Å². The number of nitrogens with one attached hydrogen (secondary N) is 2. The van der Waals surface area contributed by atoms with Gasteiger partial charge in [-0.1, -0.05) is 19.8 Å². The Hall–Kier alpha value is -2.76. The van der Waals surface area contributed by atoms with E-state index in [1.165, 1.54) is 36.5 Å². The summed E-state index contributed by atoms with van der Waals surface area (Å²) in [5, 5.41) is 5.43. The standard InChI is InChI=1S/C18H20FN3O2/c1-2-3-4-10-21-17(23)13-9-11-20-16(12-13)18(24)22-15-7-5-14(19)6-8-15/h5-9,11-12H,2-4,10H2,1H3,(H,21,23)(H,22,24). The summed E-state index contributed by atoms with van der Waals surface area (Å²) in [5.74, 6) is -1.07. The topological polar surface area (TPSA) is 71.1 Å². The van der Waals surface area contributed by atoms with Crippen molar-refractivity contribution < 1.29 is 14.0 Å². The second-order valence-corrected chi connectivity index (χ2v) is 5.35. The number of unbranched alkanes of at least 4 members (excludes halogenated alkanes) is 2. The van der Waals surface area contributed by atoms with Crippen molar-refractivity contribution in [3.63, 3.8) is 0 Å². The lowest BCUT2D eigenvalue weighted by Crippen LogP contribution is -2.25. The molecule has 2 N–H and O–H groups in total. The van der Waals surface area contributed by atoms with Gasteiger partial charge in [-0.2, -0.15) is 0 Å². The van der Waals surface area contributed by atoms with Crippen LogP contribution in [0.2, 0.25) is 0 Å². The molecular weight excluding hydrogens is 309 g/mol. The maximum Gasteiger partial charge on any atom is 0.274 e. The molecule has 126 valence electrons. The van der Waals surface area contributed by atoms with Gasteiger partial charge in [-0.3, -0.25) is 14.6 Å². The number of benzene rings is 1. The molecule has 0 fully saturated rings. The van der Waals surface area contributed by atoms with Crippen LogP contribution in [0.1, 0.15) is 47.0 Å².